The summed E-state index contributed by atoms with van der Waals surface area (Å²) in [4.78, 5) is 43.1. The summed E-state index contributed by atoms with van der Waals surface area (Å²) in [6, 6.07) is 3.91. The van der Waals surface area contributed by atoms with Crippen LogP contribution < -0.4 is 10.9 Å². The van der Waals surface area contributed by atoms with Gasteiger partial charge in [0, 0.05) is 64.0 Å². The number of rotatable bonds is 2. The van der Waals surface area contributed by atoms with Crippen LogP contribution >= 0.6 is 24.8 Å². The monoisotopic (exact) mass is 471 g/mol. The summed E-state index contributed by atoms with van der Waals surface area (Å²) in [7, 11) is 3.28. The summed E-state index contributed by atoms with van der Waals surface area (Å²) in [6.07, 6.45) is 2.40. The zero-order chi connectivity index (χ0) is 20.3. The highest BCUT2D eigenvalue weighted by Crippen LogP contribution is 2.36. The van der Waals surface area contributed by atoms with Crippen LogP contribution in [0.5, 0.6) is 0 Å². The van der Waals surface area contributed by atoms with Crippen LogP contribution in [0.3, 0.4) is 0 Å². The van der Waals surface area contributed by atoms with Gasteiger partial charge in [-0.25, -0.2) is 4.79 Å². The number of carbonyl (C=O) groups is 2. The molecule has 172 valence electrons. The number of likely N-dealkylation sites (N-methyl/N-ethyl adjacent to an activating group) is 2. The number of pyridine rings is 1. The molecule has 5 rings (SSSR count). The van der Waals surface area contributed by atoms with Crippen molar-refractivity contribution in [1.82, 2.24) is 24.6 Å². The van der Waals surface area contributed by atoms with Gasteiger partial charge in [0.25, 0.3) is 11.5 Å². The Hall–Kier alpha value is -1.61. The third-order valence-corrected chi connectivity index (χ3v) is 7.58. The van der Waals surface area contributed by atoms with Crippen LogP contribution in [0, 0.1) is 5.92 Å². The fourth-order valence-electron chi connectivity index (χ4n) is 5.78. The second-order valence-corrected chi connectivity index (χ2v) is 9.17. The predicted molar refractivity (Wildman–Crippen MR) is 122 cm³/mol. The Balaban J connectivity index is 0.00000136. The molecule has 8 nitrogen and oxygen atoms in total. The lowest BCUT2D eigenvalue weighted by molar-refractivity contribution is -0.134. The number of urea groups is 1. The van der Waals surface area contributed by atoms with Gasteiger partial charge < -0.3 is 14.8 Å². The number of nitrogens with one attached hydrogen (secondary N) is 1. The Kier molecular flexibility index (Phi) is 6.77. The molecule has 1 spiro atoms. The van der Waals surface area contributed by atoms with Crippen molar-refractivity contribution in [2.75, 3.05) is 40.3 Å². The smallest absolute Gasteiger partial charge is 0.316 e. The van der Waals surface area contributed by atoms with E-state index < -0.39 is 5.54 Å². The number of likely N-dealkylation sites (tertiary alicyclic amines) is 1. The Labute approximate surface area is 194 Å². The molecule has 3 fully saturated rings. The van der Waals surface area contributed by atoms with Gasteiger partial charge in [-0.1, -0.05) is 6.07 Å². The Morgan fingerprint density at radius 3 is 2.42 bits per heavy atom. The maximum absolute atomic E-state index is 13.2. The molecule has 1 aromatic rings. The molecule has 4 aliphatic rings. The van der Waals surface area contributed by atoms with Gasteiger partial charge in [0.15, 0.2) is 0 Å². The summed E-state index contributed by atoms with van der Waals surface area (Å²) in [6.45, 7) is 4.77. The molecule has 0 saturated carbocycles. The molecule has 3 amide bonds. The SMILES string of the molecule is CN1C(=O)N(C)C2(CCN(Cc3ccc4n(c3=O)C[C@@H]3CNC[C@H]4C3)CC2)C1=O.Cl.Cl. The van der Waals surface area contributed by atoms with E-state index in [0.29, 0.717) is 44.3 Å². The van der Waals surface area contributed by atoms with Gasteiger partial charge in [0.2, 0.25) is 0 Å². The molecule has 1 aromatic heterocycles. The predicted octanol–water partition coefficient (Wildman–Crippen LogP) is 1.26. The minimum atomic E-state index is -0.711. The third kappa shape index (κ3) is 3.67. The number of hydrogen-bond acceptors (Lipinski definition) is 5. The normalized spacial score (nSPS) is 27.0. The number of amides is 3. The van der Waals surface area contributed by atoms with E-state index in [2.05, 4.69) is 16.3 Å². The maximum Gasteiger partial charge on any atom is 0.327 e. The fraction of sp³-hybridized carbons (Fsp3) is 0.667. The molecule has 2 atom stereocenters. The van der Waals surface area contributed by atoms with E-state index in [9.17, 15) is 14.4 Å². The molecule has 0 aliphatic carbocycles. The molecule has 31 heavy (non-hydrogen) atoms. The lowest BCUT2D eigenvalue weighted by atomic mass is 9.84. The van der Waals surface area contributed by atoms with Crippen LogP contribution in [0.4, 0.5) is 4.79 Å². The third-order valence-electron chi connectivity index (χ3n) is 7.58. The average molecular weight is 472 g/mol. The molecule has 0 aromatic carbocycles. The van der Waals surface area contributed by atoms with Crippen LogP contribution in [0.25, 0.3) is 0 Å². The van der Waals surface area contributed by atoms with Crippen molar-refractivity contribution in [3.63, 3.8) is 0 Å². The van der Waals surface area contributed by atoms with E-state index in [1.807, 2.05) is 10.6 Å². The fourth-order valence-corrected chi connectivity index (χ4v) is 5.78. The van der Waals surface area contributed by atoms with E-state index in [0.717, 1.165) is 25.2 Å². The van der Waals surface area contributed by atoms with Crippen molar-refractivity contribution >= 4 is 36.8 Å². The van der Waals surface area contributed by atoms with Crippen molar-refractivity contribution in [1.29, 1.82) is 0 Å². The van der Waals surface area contributed by atoms with Crippen LogP contribution in [-0.2, 0) is 17.9 Å². The first-order valence-electron chi connectivity index (χ1n) is 10.6. The van der Waals surface area contributed by atoms with Crippen LogP contribution in [0.2, 0.25) is 0 Å². The molecule has 2 bridgehead atoms. The number of fused-ring (bicyclic) bond motifs is 4. The number of piperidine rings is 2. The van der Waals surface area contributed by atoms with Crippen LogP contribution in [-0.4, -0.2) is 77.0 Å². The first-order chi connectivity index (χ1) is 13.9. The number of halogens is 2. The number of aromatic nitrogens is 1. The summed E-state index contributed by atoms with van der Waals surface area (Å²) in [5, 5.41) is 3.48. The highest BCUT2D eigenvalue weighted by Gasteiger charge is 2.55. The summed E-state index contributed by atoms with van der Waals surface area (Å²) < 4.78 is 2.00. The lowest BCUT2D eigenvalue weighted by Gasteiger charge is -2.41. The molecular weight excluding hydrogens is 441 g/mol. The maximum atomic E-state index is 13.2. The minimum absolute atomic E-state index is 0. The van der Waals surface area contributed by atoms with Crippen LogP contribution in [0.15, 0.2) is 16.9 Å². The van der Waals surface area contributed by atoms with Gasteiger partial charge in [-0.3, -0.25) is 19.4 Å². The summed E-state index contributed by atoms with van der Waals surface area (Å²) in [5.41, 5.74) is 1.43. The zero-order valence-electron chi connectivity index (χ0n) is 18.0. The van der Waals surface area contributed by atoms with Gasteiger partial charge in [-0.15, -0.1) is 24.8 Å². The van der Waals surface area contributed by atoms with E-state index >= 15 is 0 Å². The number of nitrogens with zero attached hydrogens (tertiary/aromatic N) is 4. The molecule has 0 radical (unpaired) electrons. The van der Waals surface area contributed by atoms with Gasteiger partial charge >= 0.3 is 6.03 Å². The highest BCUT2D eigenvalue weighted by molar-refractivity contribution is 6.06. The van der Waals surface area contributed by atoms with Crippen molar-refractivity contribution in [3.05, 3.63) is 33.7 Å². The quantitative estimate of drug-likeness (QED) is 0.656. The minimum Gasteiger partial charge on any atom is -0.316 e. The second kappa shape index (κ2) is 8.73. The average Bonchev–Trinajstić information content (AvgIpc) is 2.88. The molecule has 5 heterocycles. The first-order valence-corrected chi connectivity index (χ1v) is 10.6. The lowest BCUT2D eigenvalue weighted by Crippen LogP contribution is -2.55. The molecule has 10 heteroatoms. The highest BCUT2D eigenvalue weighted by atomic mass is 35.5. The molecule has 1 N–H and O–H groups in total. The first kappa shape index (κ1) is 24.0. The molecule has 3 saturated heterocycles. The van der Waals surface area contributed by atoms with Crippen molar-refractivity contribution < 1.29 is 9.59 Å². The Bertz CT molecular complexity index is 928. The standard InChI is InChI=1S/C21H29N5O3.2ClH/c1-23-19(28)21(24(2)20(23)29)5-7-25(8-6-21)13-15-3-4-17-16-9-14(10-22-11-16)12-26(17)18(15)27;;/h3-4,14,16,22H,5-13H2,1-2H3;2*1H/t14-,16+;;/m0../s1. The molecular formula is C21H31Cl2N5O3. The van der Waals surface area contributed by atoms with Crippen LogP contribution in [0.1, 0.15) is 36.4 Å². The topological polar surface area (TPSA) is 77.9 Å². The zero-order valence-corrected chi connectivity index (χ0v) is 19.6. The van der Waals surface area contributed by atoms with Crippen molar-refractivity contribution in [2.45, 2.75) is 43.8 Å². The second-order valence-electron chi connectivity index (χ2n) is 9.17. The van der Waals surface area contributed by atoms with E-state index in [1.165, 1.54) is 17.0 Å². The summed E-state index contributed by atoms with van der Waals surface area (Å²) >= 11 is 0. The van der Waals surface area contributed by atoms with E-state index in [4.69, 9.17) is 0 Å². The summed E-state index contributed by atoms with van der Waals surface area (Å²) in [5.74, 6) is 0.888. The molecule has 0 unspecified atom stereocenters. The number of hydrogen-bond donors (Lipinski definition) is 1. The van der Waals surface area contributed by atoms with Crippen molar-refractivity contribution in [3.8, 4) is 0 Å². The van der Waals surface area contributed by atoms with Gasteiger partial charge in [0.05, 0.1) is 0 Å². The van der Waals surface area contributed by atoms with E-state index in [1.54, 1.807) is 19.0 Å². The number of carbonyl (C=O) groups excluding carboxylic acids is 2. The largest absolute Gasteiger partial charge is 0.327 e. The Morgan fingerprint density at radius 1 is 1.06 bits per heavy atom. The van der Waals surface area contributed by atoms with Gasteiger partial charge in [-0.05, 0) is 37.8 Å². The van der Waals surface area contributed by atoms with Gasteiger partial charge in [0.1, 0.15) is 5.54 Å². The Morgan fingerprint density at radius 2 is 1.77 bits per heavy atom. The van der Waals surface area contributed by atoms with Crippen molar-refractivity contribution in [2.24, 2.45) is 5.92 Å². The molecule has 4 aliphatic heterocycles. The van der Waals surface area contributed by atoms with E-state index in [-0.39, 0.29) is 42.3 Å². The number of imide groups is 1. The van der Waals surface area contributed by atoms with Gasteiger partial charge in [-0.2, -0.15) is 0 Å².